The summed E-state index contributed by atoms with van der Waals surface area (Å²) in [5.41, 5.74) is 0. The molecule has 0 unspecified atom stereocenters. The van der Waals surface area contributed by atoms with Gasteiger partial charge in [0, 0.05) is 0 Å². The van der Waals surface area contributed by atoms with Gasteiger partial charge in [-0.25, -0.2) is 4.21 Å². The molecule has 0 N–H and O–H groups in total. The van der Waals surface area contributed by atoms with E-state index in [9.17, 15) is 4.21 Å². The van der Waals surface area contributed by atoms with E-state index < -0.39 is 0 Å². The molecule has 0 heterocycles. The molecule has 0 amide bonds. The van der Waals surface area contributed by atoms with Crippen molar-refractivity contribution in [2.75, 3.05) is 0 Å². The summed E-state index contributed by atoms with van der Waals surface area (Å²) >= 11 is 0.275. The summed E-state index contributed by atoms with van der Waals surface area (Å²) in [5.74, 6) is 0. The second-order valence-corrected chi connectivity index (χ2v) is 1.63. The molecule has 0 bridgehead atoms. The average molecular weight is 115 g/mol. The van der Waals surface area contributed by atoms with Crippen LogP contribution in [0.5, 0.6) is 0 Å². The molecule has 0 radical (unpaired) electrons. The summed E-state index contributed by atoms with van der Waals surface area (Å²) in [7, 11) is 0. The van der Waals surface area contributed by atoms with Crippen molar-refractivity contribution in [2.24, 2.45) is 0 Å². The fourth-order valence-corrected chi connectivity index (χ4v) is 0.312. The largest absolute Gasteiger partial charge is 0.211 e. The van der Waals surface area contributed by atoms with Crippen molar-refractivity contribution in [2.45, 2.75) is 13.3 Å². The van der Waals surface area contributed by atoms with Crippen LogP contribution >= 0.6 is 0 Å². The van der Waals surface area contributed by atoms with Crippen LogP contribution < -0.4 is 0 Å². The number of nitriles is 1. The van der Waals surface area contributed by atoms with Gasteiger partial charge in [0.25, 0.3) is 0 Å². The van der Waals surface area contributed by atoms with E-state index >= 15 is 0 Å². The predicted octanol–water partition coefficient (Wildman–Crippen LogP) is 0.305. The standard InChI is InChI=1S/C4H5NOS/c1-2-4(3-5)7-6/h2H2,1H3. The molecule has 3 heteroatoms. The fraction of sp³-hybridized carbons (Fsp3) is 0.500. The highest BCUT2D eigenvalue weighted by atomic mass is 32.1. The zero-order valence-corrected chi connectivity index (χ0v) is 4.79. The van der Waals surface area contributed by atoms with Gasteiger partial charge in [-0.15, -0.1) is 0 Å². The van der Waals surface area contributed by atoms with Crippen LogP contribution in [0.15, 0.2) is 0 Å². The van der Waals surface area contributed by atoms with Gasteiger partial charge in [-0.2, -0.15) is 5.26 Å². The monoisotopic (exact) mass is 115 g/mol. The van der Waals surface area contributed by atoms with Crippen LogP contribution in [-0.4, -0.2) is 9.07 Å². The molecule has 2 nitrogen and oxygen atoms in total. The Bertz CT molecular complexity index is 140. The molecule has 0 fully saturated rings. The summed E-state index contributed by atoms with van der Waals surface area (Å²) in [6, 6.07) is 1.77. The molecule has 0 aliphatic carbocycles. The molecule has 0 spiro atoms. The van der Waals surface area contributed by atoms with E-state index in [1.165, 1.54) is 0 Å². The van der Waals surface area contributed by atoms with E-state index in [1.54, 1.807) is 13.0 Å². The minimum Gasteiger partial charge on any atom is -0.211 e. The summed E-state index contributed by atoms with van der Waals surface area (Å²) in [6.07, 6.45) is 0.560. The van der Waals surface area contributed by atoms with Crippen LogP contribution in [0, 0.1) is 11.3 Å². The lowest BCUT2D eigenvalue weighted by atomic mass is 10.4. The SMILES string of the molecule is CCC(C#N)=S=O. The minimum atomic E-state index is 0.275. The lowest BCUT2D eigenvalue weighted by Crippen LogP contribution is -1.86. The summed E-state index contributed by atoms with van der Waals surface area (Å²) in [4.78, 5) is 0.347. The average Bonchev–Trinajstić information content (AvgIpc) is 1.72. The van der Waals surface area contributed by atoms with Crippen molar-refractivity contribution in [3.8, 4) is 6.07 Å². The van der Waals surface area contributed by atoms with Crippen LogP contribution in [0.1, 0.15) is 13.3 Å². The molecule has 0 aromatic rings. The van der Waals surface area contributed by atoms with Crippen molar-refractivity contribution in [3.63, 3.8) is 0 Å². The smallest absolute Gasteiger partial charge is 0.122 e. The van der Waals surface area contributed by atoms with Crippen LogP contribution in [0.3, 0.4) is 0 Å². The molecule has 0 aromatic carbocycles. The van der Waals surface area contributed by atoms with E-state index in [4.69, 9.17) is 5.26 Å². The Balaban J connectivity index is 3.95. The molecule has 0 aliphatic heterocycles. The highest BCUT2D eigenvalue weighted by Gasteiger charge is 1.85. The maximum absolute atomic E-state index is 9.75. The van der Waals surface area contributed by atoms with Crippen molar-refractivity contribution >= 4 is 16.1 Å². The van der Waals surface area contributed by atoms with E-state index in [0.717, 1.165) is 0 Å². The Morgan fingerprint density at radius 3 is 2.57 bits per heavy atom. The van der Waals surface area contributed by atoms with Gasteiger partial charge in [-0.05, 0) is 6.42 Å². The Morgan fingerprint density at radius 1 is 2.00 bits per heavy atom. The zero-order chi connectivity index (χ0) is 5.70. The summed E-state index contributed by atoms with van der Waals surface area (Å²) < 4.78 is 9.75. The number of nitrogens with zero attached hydrogens (tertiary/aromatic N) is 1. The molecule has 7 heavy (non-hydrogen) atoms. The second kappa shape index (κ2) is 3.57. The first-order chi connectivity index (χ1) is 3.35. The van der Waals surface area contributed by atoms with Crippen LogP contribution in [0.2, 0.25) is 0 Å². The third-order valence-electron chi connectivity index (χ3n) is 0.546. The lowest BCUT2D eigenvalue weighted by molar-refractivity contribution is 0.701. The molecule has 0 saturated heterocycles. The van der Waals surface area contributed by atoms with E-state index in [1.807, 2.05) is 0 Å². The van der Waals surface area contributed by atoms with Crippen molar-refractivity contribution < 1.29 is 4.21 Å². The minimum absolute atomic E-state index is 0.275. The molecular formula is C4H5NOS. The van der Waals surface area contributed by atoms with Gasteiger partial charge in [-0.3, -0.25) is 0 Å². The van der Waals surface area contributed by atoms with E-state index in [0.29, 0.717) is 11.3 Å². The number of hydrogen-bond donors (Lipinski definition) is 0. The van der Waals surface area contributed by atoms with Gasteiger partial charge in [0.1, 0.15) is 22.2 Å². The summed E-state index contributed by atoms with van der Waals surface area (Å²) in [6.45, 7) is 1.78. The molecule has 0 atom stereocenters. The Labute approximate surface area is 45.8 Å². The Morgan fingerprint density at radius 2 is 2.57 bits per heavy atom. The normalized spacial score (nSPS) is 6.86. The number of hydrogen-bond acceptors (Lipinski definition) is 2. The van der Waals surface area contributed by atoms with E-state index in [-0.39, 0.29) is 11.3 Å². The second-order valence-electron chi connectivity index (χ2n) is 0.972. The zero-order valence-electron chi connectivity index (χ0n) is 3.97. The van der Waals surface area contributed by atoms with Gasteiger partial charge in [0.2, 0.25) is 0 Å². The van der Waals surface area contributed by atoms with Crippen molar-refractivity contribution in [1.82, 2.24) is 0 Å². The van der Waals surface area contributed by atoms with Gasteiger partial charge in [0.05, 0.1) is 0 Å². The third kappa shape index (κ3) is 2.12. The third-order valence-corrected chi connectivity index (χ3v) is 1.13. The van der Waals surface area contributed by atoms with Gasteiger partial charge < -0.3 is 0 Å². The molecule has 0 rings (SSSR count). The van der Waals surface area contributed by atoms with Gasteiger partial charge in [0.15, 0.2) is 0 Å². The molecule has 0 saturated carbocycles. The van der Waals surface area contributed by atoms with Crippen molar-refractivity contribution in [1.29, 1.82) is 5.26 Å². The Hall–Kier alpha value is -0.620. The van der Waals surface area contributed by atoms with Gasteiger partial charge >= 0.3 is 0 Å². The highest BCUT2D eigenvalue weighted by molar-refractivity contribution is 7.67. The first-order valence-electron chi connectivity index (χ1n) is 1.91. The Kier molecular flexibility index (Phi) is 3.25. The first kappa shape index (κ1) is 6.38. The number of rotatable bonds is 1. The fourth-order valence-electron chi connectivity index (χ4n) is 0.157. The first-order valence-corrected chi connectivity index (χ1v) is 2.65. The molecule has 38 valence electrons. The molecular weight excluding hydrogens is 110 g/mol. The quantitative estimate of drug-likeness (QED) is 0.461. The van der Waals surface area contributed by atoms with Crippen LogP contribution in [0.25, 0.3) is 0 Å². The summed E-state index contributed by atoms with van der Waals surface area (Å²) in [5, 5.41) is 8.02. The lowest BCUT2D eigenvalue weighted by Gasteiger charge is -1.72. The maximum Gasteiger partial charge on any atom is 0.122 e. The van der Waals surface area contributed by atoms with Crippen LogP contribution in [0.4, 0.5) is 0 Å². The molecule has 0 aromatic heterocycles. The van der Waals surface area contributed by atoms with Gasteiger partial charge in [-0.1, -0.05) is 6.92 Å². The highest BCUT2D eigenvalue weighted by Crippen LogP contribution is 1.74. The topological polar surface area (TPSA) is 40.9 Å². The molecule has 0 aliphatic rings. The van der Waals surface area contributed by atoms with Crippen LogP contribution in [-0.2, 0) is 11.3 Å². The van der Waals surface area contributed by atoms with E-state index in [2.05, 4.69) is 0 Å². The maximum atomic E-state index is 9.75. The predicted molar refractivity (Wildman–Crippen MR) is 29.1 cm³/mol. The van der Waals surface area contributed by atoms with Crippen molar-refractivity contribution in [3.05, 3.63) is 0 Å².